The van der Waals surface area contributed by atoms with Gasteiger partial charge in [0.15, 0.2) is 0 Å². The highest BCUT2D eigenvalue weighted by molar-refractivity contribution is 7.11. The Bertz CT molecular complexity index is 638. The lowest BCUT2D eigenvalue weighted by atomic mass is 10.1. The third-order valence-corrected chi connectivity index (χ3v) is 4.69. The molecule has 0 unspecified atom stereocenters. The number of ether oxygens (including phenoxy) is 1. The van der Waals surface area contributed by atoms with Crippen molar-refractivity contribution >= 4 is 17.0 Å². The Kier molecular flexibility index (Phi) is 6.67. The van der Waals surface area contributed by atoms with Gasteiger partial charge in [0, 0.05) is 30.5 Å². The van der Waals surface area contributed by atoms with Crippen LogP contribution >= 0.6 is 11.3 Å². The van der Waals surface area contributed by atoms with E-state index in [1.807, 2.05) is 12.1 Å². The van der Waals surface area contributed by atoms with Crippen LogP contribution in [-0.4, -0.2) is 17.0 Å². The fraction of sp³-hybridized carbons (Fsp3) is 0.471. The summed E-state index contributed by atoms with van der Waals surface area (Å²) in [6, 6.07) is 6.76. The summed E-state index contributed by atoms with van der Waals surface area (Å²) in [6.07, 6.45) is 5.28. The first-order chi connectivity index (χ1) is 11.1. The second kappa shape index (κ2) is 8.74. The molecule has 0 spiro atoms. The lowest BCUT2D eigenvalue weighted by molar-refractivity contribution is -0.384. The van der Waals surface area contributed by atoms with Crippen LogP contribution < -0.4 is 0 Å². The molecule has 1 aromatic heterocycles. The van der Waals surface area contributed by atoms with E-state index in [2.05, 4.69) is 6.92 Å². The maximum absolute atomic E-state index is 10.7. The Morgan fingerprint density at radius 2 is 2.00 bits per heavy atom. The number of nitro groups is 1. The van der Waals surface area contributed by atoms with Crippen molar-refractivity contribution in [3.8, 4) is 0 Å². The Morgan fingerprint density at radius 1 is 1.26 bits per heavy atom. The molecule has 0 amide bonds. The molecule has 0 aliphatic heterocycles. The van der Waals surface area contributed by atoms with Gasteiger partial charge in [-0.05, 0) is 18.4 Å². The van der Waals surface area contributed by atoms with E-state index in [9.17, 15) is 10.1 Å². The minimum Gasteiger partial charge on any atom is -0.378 e. The fourth-order valence-electron chi connectivity index (χ4n) is 2.42. The van der Waals surface area contributed by atoms with Gasteiger partial charge in [-0.2, -0.15) is 0 Å². The SMILES string of the molecule is CCCCCc1nc(COC)sc1Cc1ccc([N+](=O)[O-])cc1. The quantitative estimate of drug-likeness (QED) is 0.384. The van der Waals surface area contributed by atoms with Crippen molar-refractivity contribution in [3.63, 3.8) is 0 Å². The van der Waals surface area contributed by atoms with E-state index >= 15 is 0 Å². The molecule has 0 saturated carbocycles. The number of unbranched alkanes of at least 4 members (excludes halogenated alkanes) is 2. The highest BCUT2D eigenvalue weighted by atomic mass is 32.1. The molecule has 124 valence electrons. The van der Waals surface area contributed by atoms with Crippen LogP contribution in [0.15, 0.2) is 24.3 Å². The molecular weight excluding hydrogens is 312 g/mol. The zero-order valence-electron chi connectivity index (χ0n) is 13.6. The van der Waals surface area contributed by atoms with Crippen LogP contribution in [-0.2, 0) is 24.2 Å². The normalized spacial score (nSPS) is 10.9. The van der Waals surface area contributed by atoms with Gasteiger partial charge < -0.3 is 4.74 Å². The van der Waals surface area contributed by atoms with Gasteiger partial charge in [0.05, 0.1) is 17.2 Å². The third kappa shape index (κ3) is 5.11. The van der Waals surface area contributed by atoms with Crippen molar-refractivity contribution in [2.24, 2.45) is 0 Å². The van der Waals surface area contributed by atoms with E-state index in [0.717, 1.165) is 35.5 Å². The maximum Gasteiger partial charge on any atom is 0.269 e. The smallest absolute Gasteiger partial charge is 0.269 e. The average molecular weight is 334 g/mol. The number of methoxy groups -OCH3 is 1. The molecule has 0 aliphatic carbocycles. The Hall–Kier alpha value is -1.79. The van der Waals surface area contributed by atoms with Gasteiger partial charge in [-0.15, -0.1) is 11.3 Å². The van der Waals surface area contributed by atoms with Crippen LogP contribution in [0.5, 0.6) is 0 Å². The first-order valence-corrected chi connectivity index (χ1v) is 8.65. The van der Waals surface area contributed by atoms with Gasteiger partial charge in [0.25, 0.3) is 5.69 Å². The van der Waals surface area contributed by atoms with Crippen molar-refractivity contribution < 1.29 is 9.66 Å². The molecule has 0 fully saturated rings. The van der Waals surface area contributed by atoms with Crippen LogP contribution in [0.1, 0.15) is 47.3 Å². The van der Waals surface area contributed by atoms with Gasteiger partial charge in [-0.3, -0.25) is 10.1 Å². The van der Waals surface area contributed by atoms with Gasteiger partial charge >= 0.3 is 0 Å². The number of hydrogen-bond donors (Lipinski definition) is 0. The minimum atomic E-state index is -0.372. The van der Waals surface area contributed by atoms with Crippen LogP contribution in [0, 0.1) is 10.1 Å². The van der Waals surface area contributed by atoms with Crippen molar-refractivity contribution in [1.82, 2.24) is 4.98 Å². The summed E-state index contributed by atoms with van der Waals surface area (Å²) in [5.74, 6) is 0. The van der Waals surface area contributed by atoms with Gasteiger partial charge in [0.2, 0.25) is 0 Å². The van der Waals surface area contributed by atoms with E-state index in [1.54, 1.807) is 30.6 Å². The molecular formula is C17H22N2O3S. The zero-order chi connectivity index (χ0) is 16.7. The average Bonchev–Trinajstić information content (AvgIpc) is 2.90. The molecule has 0 bridgehead atoms. The lowest BCUT2D eigenvalue weighted by Crippen LogP contribution is -1.95. The zero-order valence-corrected chi connectivity index (χ0v) is 14.4. The fourth-order valence-corrected chi connectivity index (χ4v) is 3.54. The molecule has 0 radical (unpaired) electrons. The summed E-state index contributed by atoms with van der Waals surface area (Å²) in [5.41, 5.74) is 2.34. The molecule has 2 rings (SSSR count). The number of thiazole rings is 1. The molecule has 0 aliphatic rings. The molecule has 0 N–H and O–H groups in total. The molecule has 0 saturated heterocycles. The number of aryl methyl sites for hydroxylation is 1. The number of hydrogen-bond acceptors (Lipinski definition) is 5. The minimum absolute atomic E-state index is 0.126. The first-order valence-electron chi connectivity index (χ1n) is 7.83. The van der Waals surface area contributed by atoms with Gasteiger partial charge in [0.1, 0.15) is 5.01 Å². The van der Waals surface area contributed by atoms with E-state index in [-0.39, 0.29) is 10.6 Å². The standard InChI is InChI=1S/C17H22N2O3S/c1-3-4-5-6-15-16(23-17(18-15)12-22-2)11-13-7-9-14(10-8-13)19(20)21/h7-10H,3-6,11-12H2,1-2H3. The van der Waals surface area contributed by atoms with Crippen molar-refractivity contribution in [2.75, 3.05) is 7.11 Å². The summed E-state index contributed by atoms with van der Waals surface area (Å²) in [6.45, 7) is 2.72. The maximum atomic E-state index is 10.7. The summed E-state index contributed by atoms with van der Waals surface area (Å²) < 4.78 is 5.19. The second-order valence-electron chi connectivity index (χ2n) is 5.47. The molecule has 23 heavy (non-hydrogen) atoms. The topological polar surface area (TPSA) is 65.3 Å². The number of nitro benzene ring substituents is 1. The number of rotatable bonds is 9. The highest BCUT2D eigenvalue weighted by Gasteiger charge is 2.12. The van der Waals surface area contributed by atoms with Crippen molar-refractivity contribution in [1.29, 1.82) is 0 Å². The summed E-state index contributed by atoms with van der Waals surface area (Å²) >= 11 is 1.68. The van der Waals surface area contributed by atoms with Crippen LogP contribution in [0.4, 0.5) is 5.69 Å². The van der Waals surface area contributed by atoms with E-state index in [4.69, 9.17) is 9.72 Å². The molecule has 5 nitrogen and oxygen atoms in total. The number of benzene rings is 1. The molecule has 1 aromatic carbocycles. The Balaban J connectivity index is 2.14. The molecule has 6 heteroatoms. The summed E-state index contributed by atoms with van der Waals surface area (Å²) in [4.78, 5) is 16.3. The third-order valence-electron chi connectivity index (χ3n) is 3.62. The van der Waals surface area contributed by atoms with Gasteiger partial charge in [-0.25, -0.2) is 4.98 Å². The molecule has 2 aromatic rings. The number of nitrogens with zero attached hydrogens (tertiary/aromatic N) is 2. The first kappa shape index (κ1) is 17.6. The summed E-state index contributed by atoms with van der Waals surface area (Å²) in [5, 5.41) is 11.7. The van der Waals surface area contributed by atoms with Crippen LogP contribution in [0.2, 0.25) is 0 Å². The molecule has 0 atom stereocenters. The predicted octanol–water partition coefficient (Wildman–Crippen LogP) is 4.52. The monoisotopic (exact) mass is 334 g/mol. The predicted molar refractivity (Wildman–Crippen MR) is 92.0 cm³/mol. The van der Waals surface area contributed by atoms with Crippen molar-refractivity contribution in [3.05, 3.63) is 55.5 Å². The second-order valence-corrected chi connectivity index (χ2v) is 6.64. The highest BCUT2D eigenvalue weighted by Crippen LogP contribution is 2.25. The Morgan fingerprint density at radius 3 is 2.61 bits per heavy atom. The van der Waals surface area contributed by atoms with E-state index < -0.39 is 0 Å². The number of aromatic nitrogens is 1. The lowest BCUT2D eigenvalue weighted by Gasteiger charge is -2.03. The van der Waals surface area contributed by atoms with Gasteiger partial charge in [-0.1, -0.05) is 31.9 Å². The summed E-state index contributed by atoms with van der Waals surface area (Å²) in [7, 11) is 1.67. The molecule has 1 heterocycles. The van der Waals surface area contributed by atoms with E-state index in [1.165, 1.54) is 17.7 Å². The van der Waals surface area contributed by atoms with Crippen LogP contribution in [0.25, 0.3) is 0 Å². The van der Waals surface area contributed by atoms with Crippen molar-refractivity contribution in [2.45, 2.75) is 45.6 Å². The largest absolute Gasteiger partial charge is 0.378 e. The van der Waals surface area contributed by atoms with E-state index in [0.29, 0.717) is 6.61 Å². The Labute approximate surface area is 140 Å². The number of non-ortho nitro benzene ring substituents is 1. The van der Waals surface area contributed by atoms with Crippen LogP contribution in [0.3, 0.4) is 0 Å².